The van der Waals surface area contributed by atoms with Crippen molar-refractivity contribution < 1.29 is 9.59 Å². The minimum absolute atomic E-state index is 0.127. The molecule has 0 bridgehead atoms. The molecule has 0 atom stereocenters. The van der Waals surface area contributed by atoms with Gasteiger partial charge in [0.25, 0.3) is 0 Å². The number of rotatable bonds is 6. The van der Waals surface area contributed by atoms with Crippen molar-refractivity contribution in [1.29, 1.82) is 0 Å². The van der Waals surface area contributed by atoms with Crippen LogP contribution in [0.3, 0.4) is 0 Å². The average Bonchev–Trinajstić information content (AvgIpc) is 3.31. The SMILES string of the molecule is Cc1ccc(Cn2nc(C)c(/C=C/C(=O)Nc3cccc(N4CCCC4=O)c3)c2C)cc1. The molecular weight excluding hydrogens is 400 g/mol. The van der Waals surface area contributed by atoms with Crippen LogP contribution in [0.5, 0.6) is 0 Å². The predicted molar refractivity (Wildman–Crippen MR) is 128 cm³/mol. The first kappa shape index (κ1) is 21.6. The fourth-order valence-corrected chi connectivity index (χ4v) is 3.99. The number of anilines is 2. The van der Waals surface area contributed by atoms with Gasteiger partial charge >= 0.3 is 0 Å². The molecule has 1 aliphatic heterocycles. The number of carbonyl (C=O) groups is 2. The topological polar surface area (TPSA) is 67.2 Å². The van der Waals surface area contributed by atoms with Gasteiger partial charge in [0.05, 0.1) is 12.2 Å². The van der Waals surface area contributed by atoms with Gasteiger partial charge in [0.2, 0.25) is 11.8 Å². The van der Waals surface area contributed by atoms with Crippen LogP contribution in [0.4, 0.5) is 11.4 Å². The summed E-state index contributed by atoms with van der Waals surface area (Å²) in [5.41, 5.74) is 6.75. The van der Waals surface area contributed by atoms with E-state index < -0.39 is 0 Å². The molecule has 1 saturated heterocycles. The molecular formula is C26H28N4O2. The Balaban J connectivity index is 1.44. The second-order valence-corrected chi connectivity index (χ2v) is 8.25. The largest absolute Gasteiger partial charge is 0.322 e. The van der Waals surface area contributed by atoms with Crippen molar-refractivity contribution in [3.05, 3.63) is 82.7 Å². The summed E-state index contributed by atoms with van der Waals surface area (Å²) in [6.45, 7) is 7.45. The Labute approximate surface area is 188 Å². The number of hydrogen-bond donors (Lipinski definition) is 1. The molecule has 164 valence electrons. The molecule has 0 radical (unpaired) electrons. The van der Waals surface area contributed by atoms with Crippen molar-refractivity contribution in [2.45, 2.75) is 40.2 Å². The first-order valence-corrected chi connectivity index (χ1v) is 10.9. The Morgan fingerprint density at radius 2 is 1.91 bits per heavy atom. The summed E-state index contributed by atoms with van der Waals surface area (Å²) in [6, 6.07) is 15.8. The first-order valence-electron chi connectivity index (χ1n) is 10.9. The van der Waals surface area contributed by atoms with Crippen LogP contribution in [-0.2, 0) is 16.1 Å². The number of nitrogens with zero attached hydrogens (tertiary/aromatic N) is 3. The van der Waals surface area contributed by atoms with Crippen molar-refractivity contribution in [3.63, 3.8) is 0 Å². The lowest BCUT2D eigenvalue weighted by atomic mass is 10.1. The Kier molecular flexibility index (Phi) is 6.21. The highest BCUT2D eigenvalue weighted by Gasteiger charge is 2.21. The molecule has 4 rings (SSSR count). The minimum Gasteiger partial charge on any atom is -0.322 e. The highest BCUT2D eigenvalue weighted by molar-refractivity contribution is 6.03. The van der Waals surface area contributed by atoms with Crippen molar-refractivity contribution in [3.8, 4) is 0 Å². The molecule has 2 aromatic carbocycles. The van der Waals surface area contributed by atoms with Crippen LogP contribution in [0.15, 0.2) is 54.6 Å². The summed E-state index contributed by atoms with van der Waals surface area (Å²) in [5, 5.41) is 7.54. The number of nitrogens with one attached hydrogen (secondary N) is 1. The molecule has 3 aromatic rings. The third-order valence-electron chi connectivity index (χ3n) is 5.79. The van der Waals surface area contributed by atoms with Gasteiger partial charge in [-0.3, -0.25) is 14.3 Å². The third-order valence-corrected chi connectivity index (χ3v) is 5.79. The quantitative estimate of drug-likeness (QED) is 0.582. The molecule has 0 unspecified atom stereocenters. The van der Waals surface area contributed by atoms with Gasteiger partial charge in [0.1, 0.15) is 0 Å². The van der Waals surface area contributed by atoms with Crippen molar-refractivity contribution in [1.82, 2.24) is 9.78 Å². The zero-order chi connectivity index (χ0) is 22.7. The zero-order valence-corrected chi connectivity index (χ0v) is 18.8. The predicted octanol–water partition coefficient (Wildman–Crippen LogP) is 4.64. The summed E-state index contributed by atoms with van der Waals surface area (Å²) < 4.78 is 1.97. The Hall–Kier alpha value is -3.67. The lowest BCUT2D eigenvalue weighted by Crippen LogP contribution is -2.23. The van der Waals surface area contributed by atoms with Crippen molar-refractivity contribution >= 4 is 29.3 Å². The second-order valence-electron chi connectivity index (χ2n) is 8.25. The molecule has 32 heavy (non-hydrogen) atoms. The average molecular weight is 429 g/mol. The molecule has 2 amide bonds. The van der Waals surface area contributed by atoms with Crippen LogP contribution in [0, 0.1) is 20.8 Å². The van der Waals surface area contributed by atoms with Crippen LogP contribution in [0.2, 0.25) is 0 Å². The van der Waals surface area contributed by atoms with Gasteiger partial charge < -0.3 is 10.2 Å². The minimum atomic E-state index is -0.222. The molecule has 1 fully saturated rings. The van der Waals surface area contributed by atoms with E-state index in [4.69, 9.17) is 0 Å². The molecule has 2 heterocycles. The fourth-order valence-electron chi connectivity index (χ4n) is 3.99. The molecule has 6 heteroatoms. The molecule has 1 aliphatic rings. The Bertz CT molecular complexity index is 1180. The third kappa shape index (κ3) is 4.80. The van der Waals surface area contributed by atoms with Crippen LogP contribution >= 0.6 is 0 Å². The monoisotopic (exact) mass is 428 g/mol. The second kappa shape index (κ2) is 9.22. The summed E-state index contributed by atoms with van der Waals surface area (Å²) in [7, 11) is 0. The van der Waals surface area contributed by atoms with E-state index >= 15 is 0 Å². The summed E-state index contributed by atoms with van der Waals surface area (Å²) in [4.78, 5) is 26.3. The van der Waals surface area contributed by atoms with E-state index in [1.54, 1.807) is 4.90 Å². The lowest BCUT2D eigenvalue weighted by molar-refractivity contribution is -0.117. The van der Waals surface area contributed by atoms with E-state index in [-0.39, 0.29) is 11.8 Å². The van der Waals surface area contributed by atoms with E-state index in [0.717, 1.165) is 35.6 Å². The van der Waals surface area contributed by atoms with E-state index in [9.17, 15) is 9.59 Å². The Morgan fingerprint density at radius 1 is 1.12 bits per heavy atom. The maximum absolute atomic E-state index is 12.5. The fraction of sp³-hybridized carbons (Fsp3) is 0.269. The highest BCUT2D eigenvalue weighted by Crippen LogP contribution is 2.24. The van der Waals surface area contributed by atoms with E-state index in [2.05, 4.69) is 41.6 Å². The van der Waals surface area contributed by atoms with Crippen molar-refractivity contribution in [2.24, 2.45) is 0 Å². The summed E-state index contributed by atoms with van der Waals surface area (Å²) >= 11 is 0. The number of aromatic nitrogens is 2. The maximum atomic E-state index is 12.5. The normalized spacial score (nSPS) is 13.8. The smallest absolute Gasteiger partial charge is 0.248 e. The number of carbonyl (C=O) groups excluding carboxylic acids is 2. The van der Waals surface area contributed by atoms with Gasteiger partial charge in [0, 0.05) is 41.7 Å². The number of amides is 2. The van der Waals surface area contributed by atoms with Crippen LogP contribution < -0.4 is 10.2 Å². The van der Waals surface area contributed by atoms with Gasteiger partial charge in [-0.1, -0.05) is 35.9 Å². The molecule has 0 saturated carbocycles. The van der Waals surface area contributed by atoms with Gasteiger partial charge in [-0.2, -0.15) is 5.10 Å². The van der Waals surface area contributed by atoms with E-state index in [0.29, 0.717) is 18.7 Å². The molecule has 0 aliphatic carbocycles. The maximum Gasteiger partial charge on any atom is 0.248 e. The van der Waals surface area contributed by atoms with Gasteiger partial charge in [-0.25, -0.2) is 0 Å². The van der Waals surface area contributed by atoms with E-state index in [1.807, 2.05) is 48.9 Å². The molecule has 6 nitrogen and oxygen atoms in total. The standard InChI is InChI=1S/C26H28N4O2/c1-18-9-11-21(12-10-18)17-30-20(3)24(19(2)28-30)13-14-25(31)27-22-6-4-7-23(16-22)29-15-5-8-26(29)32/h4,6-7,9-14,16H,5,8,15,17H2,1-3H3,(H,27,31)/b14-13+. The lowest BCUT2D eigenvalue weighted by Gasteiger charge is -2.16. The summed E-state index contributed by atoms with van der Waals surface area (Å²) in [6.07, 6.45) is 4.79. The van der Waals surface area contributed by atoms with Gasteiger partial charge in [-0.05, 0) is 57.0 Å². The van der Waals surface area contributed by atoms with Crippen LogP contribution in [0.1, 0.15) is 40.9 Å². The number of benzene rings is 2. The summed E-state index contributed by atoms with van der Waals surface area (Å²) in [5.74, 6) is -0.0954. The molecule has 1 aromatic heterocycles. The van der Waals surface area contributed by atoms with E-state index in [1.165, 1.54) is 17.2 Å². The molecule has 1 N–H and O–H groups in total. The van der Waals surface area contributed by atoms with Crippen LogP contribution in [0.25, 0.3) is 6.08 Å². The first-order chi connectivity index (χ1) is 15.4. The zero-order valence-electron chi connectivity index (χ0n) is 18.8. The number of hydrogen-bond acceptors (Lipinski definition) is 3. The van der Waals surface area contributed by atoms with Crippen molar-refractivity contribution in [2.75, 3.05) is 16.8 Å². The number of aryl methyl sites for hydroxylation is 2. The molecule has 0 spiro atoms. The Morgan fingerprint density at radius 3 is 2.62 bits per heavy atom. The van der Waals surface area contributed by atoms with Gasteiger partial charge in [-0.15, -0.1) is 0 Å². The van der Waals surface area contributed by atoms with Gasteiger partial charge in [0.15, 0.2) is 0 Å². The van der Waals surface area contributed by atoms with Crippen LogP contribution in [-0.4, -0.2) is 28.1 Å². The highest BCUT2D eigenvalue weighted by atomic mass is 16.2.